The topological polar surface area (TPSA) is 71.1 Å². The molecule has 110 valence electrons. The van der Waals surface area contributed by atoms with Crippen LogP contribution in [0.3, 0.4) is 0 Å². The van der Waals surface area contributed by atoms with Crippen molar-refractivity contribution in [2.75, 3.05) is 38.2 Å². The predicted molar refractivity (Wildman–Crippen MR) is 72.2 cm³/mol. The summed E-state index contributed by atoms with van der Waals surface area (Å²) in [5.74, 6) is 0.249. The molecule has 0 N–H and O–H groups in total. The van der Waals surface area contributed by atoms with Crippen molar-refractivity contribution < 1.29 is 27.2 Å². The summed E-state index contributed by atoms with van der Waals surface area (Å²) in [6, 6.07) is 0. The highest BCUT2D eigenvalue weighted by molar-refractivity contribution is 7.81. The number of hydrogen-bond donors (Lipinski definition) is 0. The van der Waals surface area contributed by atoms with Gasteiger partial charge in [0.1, 0.15) is 0 Å². The zero-order valence-corrected chi connectivity index (χ0v) is 13.9. The summed E-state index contributed by atoms with van der Waals surface area (Å²) in [5.41, 5.74) is 0. The molecule has 6 nitrogen and oxygen atoms in total. The van der Waals surface area contributed by atoms with Gasteiger partial charge in [-0.15, -0.1) is 23.2 Å². The van der Waals surface area contributed by atoms with E-state index in [2.05, 4.69) is 18.1 Å². The molecule has 0 saturated heterocycles. The molecule has 0 bridgehead atoms. The predicted octanol–water partition coefficient (Wildman–Crippen LogP) is 4.22. The summed E-state index contributed by atoms with van der Waals surface area (Å²) in [4.78, 5) is 0. The largest absolute Gasteiger partial charge is 0.424 e. The monoisotopic (exact) mass is 382 g/mol. The van der Waals surface area contributed by atoms with E-state index in [-0.39, 0.29) is 38.2 Å². The Hall–Kier alpha value is 1.46. The van der Waals surface area contributed by atoms with Crippen LogP contribution in [0.1, 0.15) is 0 Å². The van der Waals surface area contributed by atoms with Gasteiger partial charge in [-0.25, -0.2) is 9.13 Å². The van der Waals surface area contributed by atoms with Crippen molar-refractivity contribution in [1.82, 2.24) is 0 Å². The first-order chi connectivity index (χ1) is 8.33. The SMILES string of the molecule is O=P(Cl)(OCCCl)OCCOP(=O)(Cl)OCCCl. The fraction of sp³-hybridized carbons (Fsp3) is 1.00. The van der Waals surface area contributed by atoms with Crippen LogP contribution in [-0.4, -0.2) is 38.2 Å². The van der Waals surface area contributed by atoms with E-state index in [0.717, 1.165) is 0 Å². The summed E-state index contributed by atoms with van der Waals surface area (Å²) in [6.07, 6.45) is 0. The van der Waals surface area contributed by atoms with Gasteiger partial charge < -0.3 is 0 Å². The van der Waals surface area contributed by atoms with Gasteiger partial charge in [-0.2, -0.15) is 0 Å². The quantitative estimate of drug-likeness (QED) is 0.302. The highest BCUT2D eigenvalue weighted by Crippen LogP contribution is 2.55. The van der Waals surface area contributed by atoms with E-state index in [0.29, 0.717) is 0 Å². The van der Waals surface area contributed by atoms with E-state index in [1.54, 1.807) is 0 Å². The molecule has 0 spiro atoms. The first-order valence-corrected chi connectivity index (χ1v) is 10.6. The second kappa shape index (κ2) is 10.2. The highest BCUT2D eigenvalue weighted by Gasteiger charge is 2.23. The first kappa shape index (κ1) is 19.5. The molecule has 12 heteroatoms. The number of alkyl halides is 2. The fourth-order valence-corrected chi connectivity index (χ4v) is 3.20. The maximum atomic E-state index is 11.3. The molecule has 18 heavy (non-hydrogen) atoms. The lowest BCUT2D eigenvalue weighted by Gasteiger charge is -2.13. The Morgan fingerprint density at radius 3 is 1.22 bits per heavy atom. The molecule has 0 aliphatic carbocycles. The standard InChI is InChI=1S/C6H12Cl4O6P2/c7-1-3-13-17(9,11)15-5-6-16-18(10,12)14-4-2-8/h1-6H2. The second-order valence-electron chi connectivity index (χ2n) is 2.57. The molecule has 0 radical (unpaired) electrons. The smallest absolute Gasteiger partial charge is 0.296 e. The summed E-state index contributed by atoms with van der Waals surface area (Å²) in [7, 11) is 0. The third kappa shape index (κ3) is 11.3. The molecule has 0 amide bonds. The van der Waals surface area contributed by atoms with Gasteiger partial charge in [-0.05, 0) is 0 Å². The Morgan fingerprint density at radius 1 is 0.667 bits per heavy atom. The van der Waals surface area contributed by atoms with Gasteiger partial charge in [-0.1, -0.05) is 0 Å². The van der Waals surface area contributed by atoms with Crippen LogP contribution in [0.2, 0.25) is 0 Å². The molecule has 0 fully saturated rings. The number of halogens is 4. The summed E-state index contributed by atoms with van der Waals surface area (Å²) in [5, 5.41) is 0. The Morgan fingerprint density at radius 2 is 0.944 bits per heavy atom. The molecule has 0 aromatic heterocycles. The van der Waals surface area contributed by atoms with Crippen LogP contribution in [0.15, 0.2) is 0 Å². The Bertz CT molecular complexity index is 286. The molecule has 2 unspecified atom stereocenters. The van der Waals surface area contributed by atoms with Gasteiger partial charge in [-0.3, -0.25) is 18.1 Å². The van der Waals surface area contributed by atoms with Gasteiger partial charge in [0.05, 0.1) is 26.4 Å². The van der Waals surface area contributed by atoms with E-state index in [1.165, 1.54) is 0 Å². The van der Waals surface area contributed by atoms with Gasteiger partial charge >= 0.3 is 13.9 Å². The summed E-state index contributed by atoms with van der Waals surface area (Å²) < 4.78 is 41.3. The van der Waals surface area contributed by atoms with Gasteiger partial charge in [0, 0.05) is 34.2 Å². The molecule has 0 aromatic carbocycles. The zero-order valence-electron chi connectivity index (χ0n) is 9.10. The third-order valence-electron chi connectivity index (χ3n) is 1.22. The normalized spacial score (nSPS) is 18.2. The lowest BCUT2D eigenvalue weighted by atomic mass is 10.8. The first-order valence-electron chi connectivity index (χ1n) is 4.62. The molecular weight excluding hydrogens is 372 g/mol. The second-order valence-corrected chi connectivity index (χ2v) is 8.57. The maximum Gasteiger partial charge on any atom is 0.424 e. The lowest BCUT2D eigenvalue weighted by Crippen LogP contribution is -2.03. The van der Waals surface area contributed by atoms with Crippen LogP contribution in [0.4, 0.5) is 0 Å². The number of hydrogen-bond acceptors (Lipinski definition) is 6. The van der Waals surface area contributed by atoms with Crippen molar-refractivity contribution in [3.63, 3.8) is 0 Å². The molecule has 0 aromatic rings. The van der Waals surface area contributed by atoms with Gasteiger partial charge in [0.25, 0.3) is 0 Å². The van der Waals surface area contributed by atoms with Crippen LogP contribution in [0.25, 0.3) is 0 Å². The van der Waals surface area contributed by atoms with Crippen molar-refractivity contribution in [2.45, 2.75) is 0 Å². The third-order valence-corrected chi connectivity index (χ3v) is 4.66. The van der Waals surface area contributed by atoms with Crippen LogP contribution < -0.4 is 0 Å². The minimum absolute atomic E-state index is 0.0178. The zero-order chi connectivity index (χ0) is 14.1. The van der Waals surface area contributed by atoms with Crippen LogP contribution in [0.5, 0.6) is 0 Å². The lowest BCUT2D eigenvalue weighted by molar-refractivity contribution is 0.166. The van der Waals surface area contributed by atoms with Crippen molar-refractivity contribution in [1.29, 1.82) is 0 Å². The summed E-state index contributed by atoms with van der Waals surface area (Å²) >= 11 is 21.4. The Kier molecular flexibility index (Phi) is 11.1. The molecule has 0 saturated carbocycles. The van der Waals surface area contributed by atoms with E-state index >= 15 is 0 Å². The van der Waals surface area contributed by atoms with Gasteiger partial charge in [0.15, 0.2) is 0 Å². The highest BCUT2D eigenvalue weighted by atomic mass is 35.7. The average Bonchev–Trinajstić information content (AvgIpc) is 2.30. The Labute approximate surface area is 125 Å². The molecule has 0 rings (SSSR count). The average molecular weight is 384 g/mol. The fourth-order valence-electron chi connectivity index (χ4n) is 0.654. The molecule has 0 aliphatic rings. The molecule has 2 atom stereocenters. The molecular formula is C6H12Cl4O6P2. The molecule has 0 aliphatic heterocycles. The van der Waals surface area contributed by atoms with E-state index in [9.17, 15) is 9.13 Å². The van der Waals surface area contributed by atoms with E-state index in [4.69, 9.17) is 45.7 Å². The van der Waals surface area contributed by atoms with Crippen molar-refractivity contribution in [2.24, 2.45) is 0 Å². The number of rotatable bonds is 11. The van der Waals surface area contributed by atoms with E-state index in [1.807, 2.05) is 0 Å². The van der Waals surface area contributed by atoms with Crippen LogP contribution in [-0.2, 0) is 27.2 Å². The van der Waals surface area contributed by atoms with Crippen LogP contribution in [0, 0.1) is 0 Å². The minimum Gasteiger partial charge on any atom is -0.296 e. The van der Waals surface area contributed by atoms with Crippen molar-refractivity contribution in [3.05, 3.63) is 0 Å². The van der Waals surface area contributed by atoms with Crippen molar-refractivity contribution in [3.8, 4) is 0 Å². The minimum atomic E-state index is -3.70. The maximum absolute atomic E-state index is 11.3. The van der Waals surface area contributed by atoms with Crippen molar-refractivity contribution >= 4 is 59.6 Å². The molecule has 0 heterocycles. The summed E-state index contributed by atoms with van der Waals surface area (Å²) in [6.45, 7) is -7.90. The Balaban J connectivity index is 3.78. The van der Waals surface area contributed by atoms with Gasteiger partial charge in [0.2, 0.25) is 0 Å². The van der Waals surface area contributed by atoms with Crippen LogP contribution >= 0.6 is 59.6 Å². The van der Waals surface area contributed by atoms with E-state index < -0.39 is 13.9 Å².